The van der Waals surface area contributed by atoms with Crippen molar-refractivity contribution < 1.29 is 14.3 Å². The maximum Gasteiger partial charge on any atom is 0.264 e. The van der Waals surface area contributed by atoms with Gasteiger partial charge in [0.2, 0.25) is 6.10 Å². The van der Waals surface area contributed by atoms with Gasteiger partial charge in [0, 0.05) is 11.4 Å². The normalized spacial score (nSPS) is 18.7. The number of hydrogen-bond acceptors (Lipinski definition) is 3. The Morgan fingerprint density at radius 2 is 2.10 bits per heavy atom. The molecule has 1 heterocycles. The summed E-state index contributed by atoms with van der Waals surface area (Å²) in [6.45, 7) is 4.52. The summed E-state index contributed by atoms with van der Waals surface area (Å²) >= 11 is 3.44. The molecule has 2 rings (SSSR count). The van der Waals surface area contributed by atoms with Gasteiger partial charge in [0.15, 0.2) is 11.5 Å². The Morgan fingerprint density at radius 3 is 2.75 bits per heavy atom. The summed E-state index contributed by atoms with van der Waals surface area (Å²) in [5, 5.41) is 3.74. The summed E-state index contributed by atoms with van der Waals surface area (Å²) < 4.78 is 11.2. The average Bonchev–Trinajstić information content (AvgIpc) is 2.45. The summed E-state index contributed by atoms with van der Waals surface area (Å²) in [7, 11) is 0. The number of benzene rings is 1. The van der Waals surface area contributed by atoms with E-state index in [0.29, 0.717) is 17.4 Å². The molecule has 4 nitrogen and oxygen atoms in total. The van der Waals surface area contributed by atoms with Crippen molar-refractivity contribution in [3.63, 3.8) is 0 Å². The third-order valence-electron chi connectivity index (χ3n) is 3.09. The van der Waals surface area contributed by atoms with E-state index in [1.165, 1.54) is 0 Å². The molecule has 0 radical (unpaired) electrons. The Balaban J connectivity index is 1.94. The molecule has 0 fully saturated rings. The molecule has 1 aromatic rings. The van der Waals surface area contributed by atoms with E-state index < -0.39 is 6.10 Å². The van der Waals surface area contributed by atoms with E-state index in [1.54, 1.807) is 0 Å². The highest BCUT2D eigenvalue weighted by Crippen LogP contribution is 2.30. The van der Waals surface area contributed by atoms with Gasteiger partial charge in [-0.25, -0.2) is 0 Å². The van der Waals surface area contributed by atoms with Crippen LogP contribution >= 0.6 is 15.9 Å². The van der Waals surface area contributed by atoms with E-state index >= 15 is 0 Å². The fraction of sp³-hybridized carbons (Fsp3) is 0.533. The third kappa shape index (κ3) is 3.88. The van der Waals surface area contributed by atoms with Crippen molar-refractivity contribution in [2.24, 2.45) is 5.92 Å². The smallest absolute Gasteiger partial charge is 0.264 e. The topological polar surface area (TPSA) is 47.6 Å². The molecular formula is C15H20BrNO3. The lowest BCUT2D eigenvalue weighted by molar-refractivity contribution is -0.131. The fourth-order valence-electron chi connectivity index (χ4n) is 2.17. The van der Waals surface area contributed by atoms with Gasteiger partial charge in [-0.2, -0.15) is 0 Å². The van der Waals surface area contributed by atoms with Crippen molar-refractivity contribution >= 4 is 21.8 Å². The van der Waals surface area contributed by atoms with E-state index in [-0.39, 0.29) is 18.6 Å². The number of nitrogens with one attached hydrogen (secondary N) is 1. The second-order valence-electron chi connectivity index (χ2n) is 5.35. The molecule has 2 atom stereocenters. The second kappa shape index (κ2) is 6.97. The van der Waals surface area contributed by atoms with Gasteiger partial charge in [-0.3, -0.25) is 4.79 Å². The van der Waals surface area contributed by atoms with Gasteiger partial charge in [-0.05, 0) is 24.5 Å². The van der Waals surface area contributed by atoms with Gasteiger partial charge < -0.3 is 14.8 Å². The highest BCUT2D eigenvalue weighted by Gasteiger charge is 2.28. The Labute approximate surface area is 128 Å². The molecule has 0 saturated heterocycles. The van der Waals surface area contributed by atoms with Crippen molar-refractivity contribution in [2.75, 3.05) is 11.9 Å². The number of halogens is 1. The number of ether oxygens (including phenoxy) is 2. The number of carbonyl (C=O) groups excluding carboxylic acids is 1. The van der Waals surface area contributed by atoms with Crippen molar-refractivity contribution in [1.82, 2.24) is 5.32 Å². The number of alkyl halides is 1. The summed E-state index contributed by atoms with van der Waals surface area (Å²) in [6, 6.07) is 7.51. The van der Waals surface area contributed by atoms with E-state index in [4.69, 9.17) is 9.47 Å². The molecule has 1 aromatic carbocycles. The van der Waals surface area contributed by atoms with Gasteiger partial charge in [-0.15, -0.1) is 0 Å². The number of para-hydroxylation sites is 2. The first-order valence-electron chi connectivity index (χ1n) is 6.85. The first-order chi connectivity index (χ1) is 9.60. The molecule has 0 aromatic heterocycles. The number of amides is 1. The summed E-state index contributed by atoms with van der Waals surface area (Å²) in [5.74, 6) is 1.72. The highest BCUT2D eigenvalue weighted by atomic mass is 79.9. The summed E-state index contributed by atoms with van der Waals surface area (Å²) in [6.07, 6.45) is 0.347. The zero-order valence-electron chi connectivity index (χ0n) is 11.8. The minimum atomic E-state index is -0.585. The molecule has 0 bridgehead atoms. The first-order valence-corrected chi connectivity index (χ1v) is 7.97. The maximum absolute atomic E-state index is 12.2. The van der Waals surface area contributed by atoms with Crippen molar-refractivity contribution in [3.05, 3.63) is 24.3 Å². The number of hydrogen-bond donors (Lipinski definition) is 1. The molecule has 1 aliphatic heterocycles. The molecule has 1 amide bonds. The van der Waals surface area contributed by atoms with E-state index in [2.05, 4.69) is 35.1 Å². The van der Waals surface area contributed by atoms with E-state index in [9.17, 15) is 4.79 Å². The third-order valence-corrected chi connectivity index (χ3v) is 3.87. The number of fused-ring (bicyclic) bond motifs is 1. The van der Waals surface area contributed by atoms with Gasteiger partial charge >= 0.3 is 0 Å². The molecule has 1 aliphatic rings. The minimum absolute atomic E-state index is 0.114. The van der Waals surface area contributed by atoms with Crippen LogP contribution in [0.3, 0.4) is 0 Å². The van der Waals surface area contributed by atoms with Gasteiger partial charge in [0.25, 0.3) is 5.91 Å². The number of carbonyl (C=O) groups is 1. The van der Waals surface area contributed by atoms with Crippen molar-refractivity contribution in [2.45, 2.75) is 32.4 Å². The first kappa shape index (κ1) is 15.2. The van der Waals surface area contributed by atoms with Crippen LogP contribution in [0.1, 0.15) is 20.3 Å². The lowest BCUT2D eigenvalue weighted by Crippen LogP contribution is -2.48. The molecule has 0 saturated carbocycles. The zero-order chi connectivity index (χ0) is 14.5. The van der Waals surface area contributed by atoms with Crippen LogP contribution in [0.4, 0.5) is 0 Å². The lowest BCUT2D eigenvalue weighted by atomic mass is 10.1. The van der Waals surface area contributed by atoms with Crippen LogP contribution in [-0.4, -0.2) is 30.0 Å². The fourth-order valence-corrected chi connectivity index (χ4v) is 2.60. The van der Waals surface area contributed by atoms with E-state index in [0.717, 1.165) is 11.8 Å². The molecule has 0 spiro atoms. The van der Waals surface area contributed by atoms with Crippen LogP contribution in [0.5, 0.6) is 11.5 Å². The van der Waals surface area contributed by atoms with Crippen LogP contribution in [0.15, 0.2) is 24.3 Å². The SMILES string of the molecule is CC(C)CC(CBr)NC(=O)C1COc2ccccc2O1. The van der Waals surface area contributed by atoms with Crippen LogP contribution in [0.25, 0.3) is 0 Å². The summed E-state index contributed by atoms with van der Waals surface area (Å²) in [4.78, 5) is 12.2. The Hall–Kier alpha value is -1.23. The molecule has 20 heavy (non-hydrogen) atoms. The van der Waals surface area contributed by atoms with Gasteiger partial charge in [0.05, 0.1) is 0 Å². The molecule has 1 N–H and O–H groups in total. The van der Waals surface area contributed by atoms with Crippen LogP contribution in [-0.2, 0) is 4.79 Å². The average molecular weight is 342 g/mol. The van der Waals surface area contributed by atoms with Crippen LogP contribution in [0, 0.1) is 5.92 Å². The molecule has 5 heteroatoms. The number of rotatable bonds is 5. The Kier molecular flexibility index (Phi) is 5.29. The van der Waals surface area contributed by atoms with Crippen LogP contribution in [0.2, 0.25) is 0 Å². The molecule has 110 valence electrons. The summed E-state index contributed by atoms with van der Waals surface area (Å²) in [5.41, 5.74) is 0. The van der Waals surface area contributed by atoms with E-state index in [1.807, 2.05) is 24.3 Å². The lowest BCUT2D eigenvalue weighted by Gasteiger charge is -2.27. The highest BCUT2D eigenvalue weighted by molar-refractivity contribution is 9.09. The zero-order valence-corrected chi connectivity index (χ0v) is 13.4. The Bertz CT molecular complexity index is 464. The van der Waals surface area contributed by atoms with Crippen molar-refractivity contribution in [3.8, 4) is 11.5 Å². The Morgan fingerprint density at radius 1 is 1.40 bits per heavy atom. The molecule has 0 aliphatic carbocycles. The largest absolute Gasteiger partial charge is 0.485 e. The quantitative estimate of drug-likeness (QED) is 0.837. The van der Waals surface area contributed by atoms with Crippen molar-refractivity contribution in [1.29, 1.82) is 0 Å². The molecule has 2 unspecified atom stereocenters. The molecular weight excluding hydrogens is 322 g/mol. The maximum atomic E-state index is 12.2. The standard InChI is InChI=1S/C15H20BrNO3/c1-10(2)7-11(8-16)17-15(18)14-9-19-12-5-3-4-6-13(12)20-14/h3-6,10-11,14H,7-9H2,1-2H3,(H,17,18). The predicted octanol–water partition coefficient (Wildman–Crippen LogP) is 2.75. The van der Waals surface area contributed by atoms with Gasteiger partial charge in [0.1, 0.15) is 6.61 Å². The monoisotopic (exact) mass is 341 g/mol. The minimum Gasteiger partial charge on any atom is -0.485 e. The van der Waals surface area contributed by atoms with Crippen LogP contribution < -0.4 is 14.8 Å². The predicted molar refractivity (Wildman–Crippen MR) is 81.5 cm³/mol. The second-order valence-corrected chi connectivity index (χ2v) is 6.00. The van der Waals surface area contributed by atoms with Gasteiger partial charge in [-0.1, -0.05) is 41.9 Å².